The van der Waals surface area contributed by atoms with Crippen molar-refractivity contribution in [1.29, 1.82) is 0 Å². The van der Waals surface area contributed by atoms with Crippen LogP contribution in [0, 0.1) is 5.92 Å². The van der Waals surface area contributed by atoms with Crippen LogP contribution in [0.15, 0.2) is 0 Å². The highest BCUT2D eigenvalue weighted by Gasteiger charge is 2.49. The van der Waals surface area contributed by atoms with Crippen LogP contribution >= 0.6 is 0 Å². The molecule has 4 heterocycles. The van der Waals surface area contributed by atoms with Crippen molar-refractivity contribution in [2.24, 2.45) is 5.92 Å². The molecule has 5 rings (SSSR count). The number of amides is 2. The maximum atomic E-state index is 11.6. The molecule has 1 N–H and O–H groups in total. The fourth-order valence-corrected chi connectivity index (χ4v) is 3.36. The summed E-state index contributed by atoms with van der Waals surface area (Å²) >= 11 is 0. The Morgan fingerprint density at radius 1 is 0.972 bits per heavy atom. The first-order valence-electron chi connectivity index (χ1n) is 12.0. The molecule has 1 aliphatic carbocycles. The minimum absolute atomic E-state index is 0.0417. The summed E-state index contributed by atoms with van der Waals surface area (Å²) in [5, 5.41) is 8.74. The van der Waals surface area contributed by atoms with Crippen LogP contribution in [0.5, 0.6) is 0 Å². The normalized spacial score (nSPS) is 24.5. The molecule has 2 bridgehead atoms. The minimum Gasteiger partial charge on any atom is -0.465 e. The third kappa shape index (κ3) is 12.0. The molecule has 4 saturated heterocycles. The van der Waals surface area contributed by atoms with Crippen LogP contribution in [0.4, 0.5) is 4.79 Å². The number of rotatable bonds is 7. The van der Waals surface area contributed by atoms with E-state index in [0.29, 0.717) is 12.2 Å². The average molecular weight is 518 g/mol. The van der Waals surface area contributed by atoms with E-state index in [1.165, 1.54) is 12.8 Å². The highest BCUT2D eigenvalue weighted by Crippen LogP contribution is 2.41. The van der Waals surface area contributed by atoms with E-state index in [9.17, 15) is 19.2 Å². The van der Waals surface area contributed by atoms with Crippen LogP contribution in [0.25, 0.3) is 0 Å². The van der Waals surface area contributed by atoms with Crippen LogP contribution in [0.3, 0.4) is 0 Å². The molecule has 0 aromatic heterocycles. The molecule has 12 nitrogen and oxygen atoms in total. The molecule has 0 aromatic carbocycles. The fourth-order valence-electron chi connectivity index (χ4n) is 3.36. The van der Waals surface area contributed by atoms with E-state index >= 15 is 0 Å². The Kier molecular flexibility index (Phi) is 12.6. The topological polar surface area (TPSA) is 135 Å². The summed E-state index contributed by atoms with van der Waals surface area (Å²) < 4.78 is 18.6. The number of aliphatic hydroxyl groups excluding tert-OH is 1. The van der Waals surface area contributed by atoms with Crippen molar-refractivity contribution < 1.29 is 43.2 Å². The van der Waals surface area contributed by atoms with Gasteiger partial charge in [-0.2, -0.15) is 0 Å². The lowest BCUT2D eigenvalue weighted by molar-refractivity contribution is -0.136. The zero-order valence-corrected chi connectivity index (χ0v) is 22.5. The van der Waals surface area contributed by atoms with Crippen LogP contribution in [-0.2, 0) is 33.3 Å². The lowest BCUT2D eigenvalue weighted by Gasteiger charge is -2.28. The molecule has 1 unspecified atom stereocenters. The molecule has 0 radical (unpaired) electrons. The van der Waals surface area contributed by atoms with Crippen molar-refractivity contribution in [2.45, 2.75) is 83.9 Å². The van der Waals surface area contributed by atoms with E-state index < -0.39 is 6.10 Å². The number of methoxy groups -OCH3 is 1. The van der Waals surface area contributed by atoms with E-state index in [-0.39, 0.29) is 43.5 Å². The molecule has 0 spiro atoms. The maximum absolute atomic E-state index is 11.6. The number of ether oxygens (including phenoxy) is 4. The van der Waals surface area contributed by atoms with Crippen LogP contribution in [0.1, 0.15) is 54.4 Å². The Labute approximate surface area is 213 Å². The van der Waals surface area contributed by atoms with Gasteiger partial charge in [0, 0.05) is 26.2 Å². The quantitative estimate of drug-likeness (QED) is 0.298. The number of carbonyl (C=O) groups excluding carboxylic acids is 4. The van der Waals surface area contributed by atoms with E-state index in [0.717, 1.165) is 32.1 Å². The molecular weight excluding hydrogens is 474 g/mol. The van der Waals surface area contributed by atoms with Gasteiger partial charge in [0.25, 0.3) is 12.9 Å². The number of carbonyl (C=O) groups is 4. The highest BCUT2D eigenvalue weighted by atomic mass is 16.6. The molecular formula is C24H43N3O9. The predicted molar refractivity (Wildman–Crippen MR) is 130 cm³/mol. The second-order valence-electron chi connectivity index (χ2n) is 11.0. The van der Waals surface area contributed by atoms with E-state index in [1.807, 2.05) is 46.4 Å². The monoisotopic (exact) mass is 517 g/mol. The number of nitrogens with zero attached hydrogens (tertiary/aromatic N) is 3. The first-order chi connectivity index (χ1) is 16.7. The Morgan fingerprint density at radius 2 is 1.50 bits per heavy atom. The van der Waals surface area contributed by atoms with Crippen LogP contribution < -0.4 is 0 Å². The summed E-state index contributed by atoms with van der Waals surface area (Å²) in [4.78, 5) is 46.5. The summed E-state index contributed by atoms with van der Waals surface area (Å²) in [7, 11) is 1.71. The zero-order valence-electron chi connectivity index (χ0n) is 22.5. The van der Waals surface area contributed by atoms with Crippen molar-refractivity contribution in [3.63, 3.8) is 0 Å². The summed E-state index contributed by atoms with van der Waals surface area (Å²) in [6.07, 6.45) is 2.75. The molecule has 2 atom stereocenters. The van der Waals surface area contributed by atoms with Gasteiger partial charge in [-0.25, -0.2) is 4.79 Å². The standard InChI is InChI=1S/C10H17NO2.C5H8O5.C5H12O.C4H6N2O/c1-10(2,3)13-9(12)11-6-7-4-8(11)5-7;6-3-9-1-5(8)2-10-4-7;1-5(2,3)6-4;7-3-6-2-5-1-4(5)6/h7-8H,4-6H2,1-3H3;3-5,8H,1-2H2;1-4H3;3-4H,1-2H2/t;;;4-,5?/m...0/s1. The summed E-state index contributed by atoms with van der Waals surface area (Å²) in [6, 6.07) is 0.486. The first-order valence-corrected chi connectivity index (χ1v) is 12.0. The van der Waals surface area contributed by atoms with Gasteiger partial charge in [0.05, 0.1) is 12.3 Å². The van der Waals surface area contributed by atoms with Gasteiger partial charge < -0.3 is 33.9 Å². The summed E-state index contributed by atoms with van der Waals surface area (Å²) in [6.45, 7) is 14.8. The van der Waals surface area contributed by atoms with Gasteiger partial charge in [0.2, 0.25) is 6.41 Å². The molecule has 208 valence electrons. The second kappa shape index (κ2) is 14.3. The molecule has 36 heavy (non-hydrogen) atoms. The molecule has 12 heteroatoms. The van der Waals surface area contributed by atoms with E-state index in [4.69, 9.17) is 14.6 Å². The number of fused-ring (bicyclic) bond motifs is 2. The molecule has 4 aliphatic heterocycles. The van der Waals surface area contributed by atoms with Crippen LogP contribution in [-0.4, -0.2) is 115 Å². The summed E-state index contributed by atoms with van der Waals surface area (Å²) in [5.41, 5.74) is -0.315. The number of hydrogen-bond acceptors (Lipinski definition) is 10. The minimum atomic E-state index is -0.935. The van der Waals surface area contributed by atoms with Gasteiger partial charge in [-0.3, -0.25) is 19.3 Å². The van der Waals surface area contributed by atoms with Crippen LogP contribution in [0.2, 0.25) is 0 Å². The Bertz CT molecular complexity index is 690. The van der Waals surface area contributed by atoms with E-state index in [2.05, 4.69) is 14.4 Å². The first kappa shape index (κ1) is 31.6. The zero-order chi connectivity index (χ0) is 27.5. The van der Waals surface area contributed by atoms with Crippen molar-refractivity contribution in [3.05, 3.63) is 0 Å². The maximum Gasteiger partial charge on any atom is 0.410 e. The van der Waals surface area contributed by atoms with Crippen molar-refractivity contribution in [2.75, 3.05) is 40.1 Å². The molecule has 1 saturated carbocycles. The lowest BCUT2D eigenvalue weighted by Crippen LogP contribution is -2.42. The van der Waals surface area contributed by atoms with Crippen molar-refractivity contribution >= 4 is 25.4 Å². The Hall–Kier alpha value is -2.44. The van der Waals surface area contributed by atoms with Crippen molar-refractivity contribution in [1.82, 2.24) is 14.7 Å². The van der Waals surface area contributed by atoms with E-state index in [1.54, 1.807) is 12.0 Å². The predicted octanol–water partition coefficient (Wildman–Crippen LogP) is 1.20. The third-order valence-electron chi connectivity index (χ3n) is 5.61. The molecule has 2 amide bonds. The SMILES string of the molecule is CC(C)(C)OC(=O)N1CC2CC1C2.COC(C)(C)C.O=CN1CN2C[C@H]12.O=COCC(O)COC=O. The van der Waals surface area contributed by atoms with Gasteiger partial charge in [-0.15, -0.1) is 0 Å². The highest BCUT2D eigenvalue weighted by molar-refractivity contribution is 5.69. The van der Waals surface area contributed by atoms with Gasteiger partial charge >= 0.3 is 6.09 Å². The molecule has 0 aromatic rings. The number of hydrogen-bond donors (Lipinski definition) is 1. The summed E-state index contributed by atoms with van der Waals surface area (Å²) in [5.74, 6) is 0.762. The van der Waals surface area contributed by atoms with Gasteiger partial charge in [-0.1, -0.05) is 0 Å². The molecule has 5 aliphatic rings. The molecule has 5 fully saturated rings. The third-order valence-corrected chi connectivity index (χ3v) is 5.61. The van der Waals surface area contributed by atoms with Gasteiger partial charge in [0.15, 0.2) is 0 Å². The lowest BCUT2D eigenvalue weighted by atomic mass is 9.86. The largest absolute Gasteiger partial charge is 0.465 e. The number of aliphatic hydroxyl groups is 1. The Morgan fingerprint density at radius 3 is 1.75 bits per heavy atom. The fraction of sp³-hybridized carbons (Fsp3) is 0.833. The van der Waals surface area contributed by atoms with Gasteiger partial charge in [0.1, 0.15) is 31.1 Å². The van der Waals surface area contributed by atoms with Gasteiger partial charge in [-0.05, 0) is 60.3 Å². The smallest absolute Gasteiger partial charge is 0.410 e. The Balaban J connectivity index is 0.000000252. The average Bonchev–Trinajstić information content (AvgIpc) is 3.10. The van der Waals surface area contributed by atoms with Crippen molar-refractivity contribution in [3.8, 4) is 0 Å². The second-order valence-corrected chi connectivity index (χ2v) is 11.0.